The fraction of sp³-hybridized carbons (Fsp3) is 0.133. The molecule has 0 aromatic heterocycles. The summed E-state index contributed by atoms with van der Waals surface area (Å²) >= 11 is 11.0. The van der Waals surface area contributed by atoms with E-state index in [0.29, 0.717) is 11.3 Å². The first-order valence-electron chi connectivity index (χ1n) is 5.93. The van der Waals surface area contributed by atoms with E-state index in [2.05, 4.69) is 5.32 Å². The standard InChI is InChI=1S/C15H12Cl2FNO/c1-9-7-11(5-6-13(9)18)10-3-2-4-12(8-10)19-15(20)14(16)17/h2-8,14H,1H3,(H,19,20). The van der Waals surface area contributed by atoms with Gasteiger partial charge in [0.2, 0.25) is 0 Å². The number of rotatable bonds is 3. The molecule has 0 fully saturated rings. The molecule has 0 bridgehead atoms. The van der Waals surface area contributed by atoms with Crippen molar-refractivity contribution in [2.45, 2.75) is 11.8 Å². The molecule has 0 aliphatic rings. The Labute approximate surface area is 126 Å². The van der Waals surface area contributed by atoms with Crippen molar-refractivity contribution in [2.24, 2.45) is 0 Å². The van der Waals surface area contributed by atoms with Crippen molar-refractivity contribution in [1.29, 1.82) is 0 Å². The zero-order valence-electron chi connectivity index (χ0n) is 10.7. The Morgan fingerprint density at radius 2 is 1.85 bits per heavy atom. The first-order chi connectivity index (χ1) is 9.47. The van der Waals surface area contributed by atoms with Gasteiger partial charge >= 0.3 is 0 Å². The van der Waals surface area contributed by atoms with E-state index >= 15 is 0 Å². The second kappa shape index (κ2) is 6.25. The van der Waals surface area contributed by atoms with Crippen LogP contribution in [0.1, 0.15) is 5.56 Å². The van der Waals surface area contributed by atoms with Crippen LogP contribution in [0.2, 0.25) is 0 Å². The number of carbonyl (C=O) groups is 1. The van der Waals surface area contributed by atoms with Crippen molar-refractivity contribution in [1.82, 2.24) is 0 Å². The van der Waals surface area contributed by atoms with E-state index in [1.807, 2.05) is 6.07 Å². The molecule has 20 heavy (non-hydrogen) atoms. The van der Waals surface area contributed by atoms with E-state index in [9.17, 15) is 9.18 Å². The average molecular weight is 312 g/mol. The van der Waals surface area contributed by atoms with Crippen molar-refractivity contribution in [3.05, 3.63) is 53.8 Å². The third-order valence-electron chi connectivity index (χ3n) is 2.82. The maximum atomic E-state index is 13.3. The summed E-state index contributed by atoms with van der Waals surface area (Å²) in [5, 5.41) is 2.60. The lowest BCUT2D eigenvalue weighted by atomic mass is 10.0. The van der Waals surface area contributed by atoms with Crippen LogP contribution in [0.15, 0.2) is 42.5 Å². The van der Waals surface area contributed by atoms with Gasteiger partial charge in [-0.1, -0.05) is 41.4 Å². The van der Waals surface area contributed by atoms with Gasteiger partial charge in [0.1, 0.15) is 5.82 Å². The summed E-state index contributed by atoms with van der Waals surface area (Å²) in [6, 6.07) is 12.0. The molecule has 1 amide bonds. The molecule has 0 aliphatic carbocycles. The normalized spacial score (nSPS) is 10.7. The van der Waals surface area contributed by atoms with E-state index in [1.54, 1.807) is 37.3 Å². The summed E-state index contributed by atoms with van der Waals surface area (Å²) in [4.78, 5) is 10.3. The third-order valence-corrected chi connectivity index (χ3v) is 3.22. The fourth-order valence-corrected chi connectivity index (χ4v) is 1.91. The Hall–Kier alpha value is -1.58. The number of carbonyl (C=O) groups excluding carboxylic acids is 1. The lowest BCUT2D eigenvalue weighted by Crippen LogP contribution is -2.18. The van der Waals surface area contributed by atoms with Gasteiger partial charge in [0, 0.05) is 5.69 Å². The van der Waals surface area contributed by atoms with E-state index < -0.39 is 10.7 Å². The number of aryl methyl sites for hydroxylation is 1. The molecule has 0 atom stereocenters. The van der Waals surface area contributed by atoms with Crippen LogP contribution < -0.4 is 5.32 Å². The summed E-state index contributed by atoms with van der Waals surface area (Å²) in [6.07, 6.45) is 0. The van der Waals surface area contributed by atoms with Crippen LogP contribution >= 0.6 is 23.2 Å². The second-order valence-corrected chi connectivity index (χ2v) is 5.43. The quantitative estimate of drug-likeness (QED) is 0.828. The minimum Gasteiger partial charge on any atom is -0.324 e. The van der Waals surface area contributed by atoms with E-state index in [-0.39, 0.29) is 5.82 Å². The van der Waals surface area contributed by atoms with Crippen LogP contribution in [0.25, 0.3) is 11.1 Å². The predicted octanol–water partition coefficient (Wildman–Crippen LogP) is 4.54. The molecule has 5 heteroatoms. The van der Waals surface area contributed by atoms with Gasteiger partial charge in [-0.25, -0.2) is 4.39 Å². The number of nitrogens with one attached hydrogen (secondary N) is 1. The molecule has 0 saturated carbocycles. The van der Waals surface area contributed by atoms with Gasteiger partial charge in [-0.2, -0.15) is 0 Å². The molecular weight excluding hydrogens is 300 g/mol. The predicted molar refractivity (Wildman–Crippen MR) is 80.7 cm³/mol. The minimum absolute atomic E-state index is 0.245. The number of anilines is 1. The van der Waals surface area contributed by atoms with Crippen LogP contribution in [-0.4, -0.2) is 10.7 Å². The Balaban J connectivity index is 2.29. The second-order valence-electron chi connectivity index (χ2n) is 4.33. The Bertz CT molecular complexity index is 644. The van der Waals surface area contributed by atoms with Gasteiger partial charge in [0.15, 0.2) is 4.84 Å². The smallest absolute Gasteiger partial charge is 0.257 e. The highest BCUT2D eigenvalue weighted by molar-refractivity contribution is 6.54. The van der Waals surface area contributed by atoms with E-state index in [1.165, 1.54) is 6.07 Å². The molecule has 1 N–H and O–H groups in total. The number of amides is 1. The average Bonchev–Trinajstić information content (AvgIpc) is 2.42. The van der Waals surface area contributed by atoms with Gasteiger partial charge < -0.3 is 5.32 Å². The first-order valence-corrected chi connectivity index (χ1v) is 6.80. The SMILES string of the molecule is Cc1cc(-c2cccc(NC(=O)C(Cl)Cl)c2)ccc1F. The largest absolute Gasteiger partial charge is 0.324 e. The van der Waals surface area contributed by atoms with Crippen molar-refractivity contribution in [2.75, 3.05) is 5.32 Å². The lowest BCUT2D eigenvalue weighted by molar-refractivity contribution is -0.114. The Morgan fingerprint density at radius 3 is 2.50 bits per heavy atom. The van der Waals surface area contributed by atoms with Crippen LogP contribution in [-0.2, 0) is 4.79 Å². The van der Waals surface area contributed by atoms with Crippen LogP contribution in [0, 0.1) is 12.7 Å². The van der Waals surface area contributed by atoms with Gasteiger partial charge in [-0.05, 0) is 47.9 Å². The molecule has 2 rings (SSSR count). The number of benzene rings is 2. The fourth-order valence-electron chi connectivity index (χ4n) is 1.80. The van der Waals surface area contributed by atoms with Crippen LogP contribution in [0.3, 0.4) is 0 Å². The molecule has 0 aliphatic heterocycles. The molecule has 2 aromatic carbocycles. The number of alkyl halides is 2. The summed E-state index contributed by atoms with van der Waals surface area (Å²) in [5.41, 5.74) is 2.89. The molecular formula is C15H12Cl2FNO. The minimum atomic E-state index is -1.12. The molecule has 0 spiro atoms. The molecule has 104 valence electrons. The van der Waals surface area contributed by atoms with Crippen LogP contribution in [0.4, 0.5) is 10.1 Å². The third kappa shape index (κ3) is 3.50. The molecule has 0 unspecified atom stereocenters. The molecule has 2 aromatic rings. The maximum absolute atomic E-state index is 13.3. The maximum Gasteiger partial charge on any atom is 0.257 e. The zero-order valence-corrected chi connectivity index (χ0v) is 12.2. The highest BCUT2D eigenvalue weighted by Gasteiger charge is 2.11. The number of hydrogen-bond donors (Lipinski definition) is 1. The van der Waals surface area contributed by atoms with Gasteiger partial charge in [-0.15, -0.1) is 0 Å². The summed E-state index contributed by atoms with van der Waals surface area (Å²) < 4.78 is 13.3. The monoisotopic (exact) mass is 311 g/mol. The Morgan fingerprint density at radius 1 is 1.15 bits per heavy atom. The van der Waals surface area contributed by atoms with E-state index in [4.69, 9.17) is 23.2 Å². The van der Waals surface area contributed by atoms with Crippen LogP contribution in [0.5, 0.6) is 0 Å². The summed E-state index contributed by atoms with van der Waals surface area (Å²) in [5.74, 6) is -0.730. The zero-order chi connectivity index (χ0) is 14.7. The van der Waals surface area contributed by atoms with Gasteiger partial charge in [0.25, 0.3) is 5.91 Å². The highest BCUT2D eigenvalue weighted by Crippen LogP contribution is 2.24. The Kier molecular flexibility index (Phi) is 4.63. The summed E-state index contributed by atoms with van der Waals surface area (Å²) in [7, 11) is 0. The van der Waals surface area contributed by atoms with Crippen molar-refractivity contribution in [3.63, 3.8) is 0 Å². The van der Waals surface area contributed by atoms with Crippen molar-refractivity contribution < 1.29 is 9.18 Å². The van der Waals surface area contributed by atoms with Gasteiger partial charge in [0.05, 0.1) is 0 Å². The molecule has 0 heterocycles. The van der Waals surface area contributed by atoms with Gasteiger partial charge in [-0.3, -0.25) is 4.79 Å². The number of hydrogen-bond acceptors (Lipinski definition) is 1. The molecule has 0 radical (unpaired) electrons. The summed E-state index contributed by atoms with van der Waals surface area (Å²) in [6.45, 7) is 1.70. The van der Waals surface area contributed by atoms with E-state index in [0.717, 1.165) is 11.1 Å². The highest BCUT2D eigenvalue weighted by atomic mass is 35.5. The van der Waals surface area contributed by atoms with Crippen molar-refractivity contribution in [3.8, 4) is 11.1 Å². The lowest BCUT2D eigenvalue weighted by Gasteiger charge is -2.09. The first kappa shape index (κ1) is 14.8. The number of halogens is 3. The van der Waals surface area contributed by atoms with Crippen molar-refractivity contribution >= 4 is 34.8 Å². The topological polar surface area (TPSA) is 29.1 Å². The molecule has 2 nitrogen and oxygen atoms in total. The molecule has 0 saturated heterocycles.